The average molecular weight is 205 g/mol. The lowest BCUT2D eigenvalue weighted by atomic mass is 10.1. The molecule has 0 heterocycles. The molecule has 0 aromatic heterocycles. The van der Waals surface area contributed by atoms with Crippen LogP contribution in [0.2, 0.25) is 0 Å². The van der Waals surface area contributed by atoms with Crippen LogP contribution >= 0.6 is 12.6 Å². The fraction of sp³-hybridized carbons (Fsp3) is 0.750. The normalized spacial score (nSPS) is 13.5. The highest BCUT2D eigenvalue weighted by molar-refractivity contribution is 7.81. The van der Waals surface area contributed by atoms with E-state index in [-0.39, 0.29) is 12.3 Å². The summed E-state index contributed by atoms with van der Waals surface area (Å²) < 4.78 is 0. The minimum absolute atomic E-state index is 0.157. The van der Waals surface area contributed by atoms with Crippen LogP contribution in [-0.2, 0) is 9.59 Å². The van der Waals surface area contributed by atoms with Gasteiger partial charge in [0.15, 0.2) is 0 Å². The summed E-state index contributed by atoms with van der Waals surface area (Å²) in [6, 6.07) is 0. The van der Waals surface area contributed by atoms with E-state index < -0.39 is 16.8 Å². The molecule has 0 saturated heterocycles. The lowest BCUT2D eigenvalue weighted by molar-refractivity contribution is -0.141. The van der Waals surface area contributed by atoms with Crippen molar-refractivity contribution in [3.05, 3.63) is 0 Å². The SMILES string of the molecule is CC(CC(=O)O)C(=O)NC(C)(C)S. The molecule has 0 aliphatic rings. The smallest absolute Gasteiger partial charge is 0.304 e. The van der Waals surface area contributed by atoms with Crippen molar-refractivity contribution in [3.8, 4) is 0 Å². The average Bonchev–Trinajstić information content (AvgIpc) is 1.81. The van der Waals surface area contributed by atoms with Gasteiger partial charge < -0.3 is 10.4 Å². The molecule has 0 aromatic rings. The molecule has 0 bridgehead atoms. The number of amides is 1. The van der Waals surface area contributed by atoms with Gasteiger partial charge in [0.1, 0.15) is 0 Å². The highest BCUT2D eigenvalue weighted by Crippen LogP contribution is 2.10. The Balaban J connectivity index is 4.05. The fourth-order valence-corrected chi connectivity index (χ4v) is 0.890. The van der Waals surface area contributed by atoms with Crippen molar-refractivity contribution in [1.82, 2.24) is 5.32 Å². The first-order valence-corrected chi connectivity index (χ1v) is 4.43. The largest absolute Gasteiger partial charge is 0.481 e. The van der Waals surface area contributed by atoms with Crippen LogP contribution in [0.4, 0.5) is 0 Å². The second-order valence-corrected chi connectivity index (χ2v) is 4.67. The zero-order valence-corrected chi connectivity index (χ0v) is 8.89. The van der Waals surface area contributed by atoms with E-state index in [1.54, 1.807) is 20.8 Å². The number of nitrogens with one attached hydrogen (secondary N) is 1. The summed E-state index contributed by atoms with van der Waals surface area (Å²) in [7, 11) is 0. The summed E-state index contributed by atoms with van der Waals surface area (Å²) in [5.74, 6) is -1.79. The first kappa shape index (κ1) is 12.3. The maximum Gasteiger partial charge on any atom is 0.304 e. The van der Waals surface area contributed by atoms with Crippen LogP contribution in [0.15, 0.2) is 0 Å². The van der Waals surface area contributed by atoms with Crippen molar-refractivity contribution in [2.24, 2.45) is 5.92 Å². The molecule has 0 saturated carbocycles. The minimum Gasteiger partial charge on any atom is -0.481 e. The van der Waals surface area contributed by atoms with Gasteiger partial charge in [0, 0.05) is 5.92 Å². The molecular formula is C8H15NO3S. The Morgan fingerprint density at radius 2 is 2.00 bits per heavy atom. The van der Waals surface area contributed by atoms with Crippen LogP contribution in [0.5, 0.6) is 0 Å². The Bertz CT molecular complexity index is 210. The molecule has 1 atom stereocenters. The number of carboxylic acid groups (broad SMARTS) is 1. The molecule has 1 amide bonds. The third-order valence-electron chi connectivity index (χ3n) is 1.36. The van der Waals surface area contributed by atoms with Crippen molar-refractivity contribution in [2.75, 3.05) is 0 Å². The maximum absolute atomic E-state index is 11.3. The summed E-state index contributed by atoms with van der Waals surface area (Å²) in [5, 5.41) is 11.0. The van der Waals surface area contributed by atoms with E-state index in [1.165, 1.54) is 0 Å². The quantitative estimate of drug-likeness (QED) is 0.471. The predicted molar refractivity (Wildman–Crippen MR) is 52.6 cm³/mol. The molecule has 13 heavy (non-hydrogen) atoms. The maximum atomic E-state index is 11.3. The van der Waals surface area contributed by atoms with Crippen LogP contribution in [0, 0.1) is 5.92 Å². The van der Waals surface area contributed by atoms with Crippen molar-refractivity contribution in [2.45, 2.75) is 32.1 Å². The zero-order chi connectivity index (χ0) is 10.6. The first-order chi connectivity index (χ1) is 5.72. The molecular weight excluding hydrogens is 190 g/mol. The number of carbonyl (C=O) groups excluding carboxylic acids is 1. The van der Waals surface area contributed by atoms with Gasteiger partial charge in [0.25, 0.3) is 0 Å². The number of thiol groups is 1. The molecule has 0 aliphatic heterocycles. The lowest BCUT2D eigenvalue weighted by Crippen LogP contribution is -2.42. The van der Waals surface area contributed by atoms with E-state index in [1.807, 2.05) is 0 Å². The van der Waals surface area contributed by atoms with Gasteiger partial charge >= 0.3 is 5.97 Å². The van der Waals surface area contributed by atoms with Crippen molar-refractivity contribution < 1.29 is 14.7 Å². The van der Waals surface area contributed by atoms with E-state index in [4.69, 9.17) is 5.11 Å². The zero-order valence-electron chi connectivity index (χ0n) is 8.00. The van der Waals surface area contributed by atoms with E-state index in [0.29, 0.717) is 0 Å². The van der Waals surface area contributed by atoms with Gasteiger partial charge in [-0.1, -0.05) is 6.92 Å². The molecule has 0 fully saturated rings. The molecule has 0 aromatic carbocycles. The molecule has 2 N–H and O–H groups in total. The third-order valence-corrected chi connectivity index (χ3v) is 1.47. The molecule has 0 aliphatic carbocycles. The van der Waals surface area contributed by atoms with E-state index in [9.17, 15) is 9.59 Å². The van der Waals surface area contributed by atoms with Crippen molar-refractivity contribution >= 4 is 24.5 Å². The Hall–Kier alpha value is -0.710. The number of aliphatic carboxylic acids is 1. The Morgan fingerprint density at radius 1 is 1.54 bits per heavy atom. The number of hydrogen-bond acceptors (Lipinski definition) is 3. The summed E-state index contributed by atoms with van der Waals surface area (Å²) in [6.45, 7) is 5.02. The van der Waals surface area contributed by atoms with E-state index in [2.05, 4.69) is 17.9 Å². The van der Waals surface area contributed by atoms with Crippen molar-refractivity contribution in [3.63, 3.8) is 0 Å². The standard InChI is InChI=1S/C8H15NO3S/c1-5(4-6(10)11)7(12)9-8(2,3)13/h5,13H,4H2,1-3H3,(H,9,12)(H,10,11). The minimum atomic E-state index is -0.973. The third kappa shape index (κ3) is 6.45. The topological polar surface area (TPSA) is 66.4 Å². The number of hydrogen-bond donors (Lipinski definition) is 3. The molecule has 1 unspecified atom stereocenters. The van der Waals surface area contributed by atoms with Gasteiger partial charge in [-0.2, -0.15) is 12.6 Å². The highest BCUT2D eigenvalue weighted by Gasteiger charge is 2.21. The molecule has 0 radical (unpaired) electrons. The second kappa shape index (κ2) is 4.50. The summed E-state index contributed by atoms with van der Waals surface area (Å²) in [5.41, 5.74) is 0. The summed E-state index contributed by atoms with van der Waals surface area (Å²) >= 11 is 4.10. The first-order valence-electron chi connectivity index (χ1n) is 3.98. The van der Waals surface area contributed by atoms with Gasteiger partial charge in [-0.3, -0.25) is 9.59 Å². The Morgan fingerprint density at radius 3 is 2.31 bits per heavy atom. The Kier molecular flexibility index (Phi) is 4.26. The van der Waals surface area contributed by atoms with Gasteiger partial charge in [-0.05, 0) is 13.8 Å². The van der Waals surface area contributed by atoms with Crippen LogP contribution < -0.4 is 5.32 Å². The molecule has 0 spiro atoms. The summed E-state index contributed by atoms with van der Waals surface area (Å²) in [6.07, 6.45) is -0.157. The van der Waals surface area contributed by atoms with Crippen molar-refractivity contribution in [1.29, 1.82) is 0 Å². The van der Waals surface area contributed by atoms with Crippen LogP contribution in [0.3, 0.4) is 0 Å². The lowest BCUT2D eigenvalue weighted by Gasteiger charge is -2.21. The van der Waals surface area contributed by atoms with Gasteiger partial charge in [-0.25, -0.2) is 0 Å². The van der Waals surface area contributed by atoms with Gasteiger partial charge in [0.05, 0.1) is 11.3 Å². The molecule has 5 heteroatoms. The van der Waals surface area contributed by atoms with Gasteiger partial charge in [0.2, 0.25) is 5.91 Å². The summed E-state index contributed by atoms with van der Waals surface area (Å²) in [4.78, 5) is 20.9. The van der Waals surface area contributed by atoms with Gasteiger partial charge in [-0.15, -0.1) is 0 Å². The highest BCUT2D eigenvalue weighted by atomic mass is 32.1. The van der Waals surface area contributed by atoms with E-state index in [0.717, 1.165) is 0 Å². The van der Waals surface area contributed by atoms with Crippen LogP contribution in [0.25, 0.3) is 0 Å². The molecule has 76 valence electrons. The van der Waals surface area contributed by atoms with Crippen LogP contribution in [0.1, 0.15) is 27.2 Å². The number of carbonyl (C=O) groups is 2. The molecule has 4 nitrogen and oxygen atoms in total. The van der Waals surface area contributed by atoms with Crippen LogP contribution in [-0.4, -0.2) is 21.9 Å². The number of rotatable bonds is 4. The predicted octanol–water partition coefficient (Wildman–Crippen LogP) is 0.879. The monoisotopic (exact) mass is 205 g/mol. The second-order valence-electron chi connectivity index (χ2n) is 3.55. The number of carboxylic acids is 1. The Labute approximate surface area is 83.1 Å². The molecule has 0 rings (SSSR count). The van der Waals surface area contributed by atoms with E-state index >= 15 is 0 Å². The fourth-order valence-electron chi connectivity index (χ4n) is 0.779.